The molecule has 0 bridgehead atoms. The molecule has 6 nitrogen and oxygen atoms in total. The molecule has 0 spiro atoms. The van der Waals surface area contributed by atoms with E-state index in [-0.39, 0.29) is 29.7 Å². The lowest BCUT2D eigenvalue weighted by molar-refractivity contribution is -0.121. The summed E-state index contributed by atoms with van der Waals surface area (Å²) in [6, 6.07) is 1.35. The Balaban J connectivity index is 2.74. The molecule has 0 saturated carbocycles. The van der Waals surface area contributed by atoms with Gasteiger partial charge in [0, 0.05) is 19.3 Å². The van der Waals surface area contributed by atoms with Gasteiger partial charge in [-0.15, -0.1) is 0 Å². The van der Waals surface area contributed by atoms with Gasteiger partial charge in [-0.1, -0.05) is 13.8 Å². The summed E-state index contributed by atoms with van der Waals surface area (Å²) < 4.78 is 0. The van der Waals surface area contributed by atoms with Crippen molar-refractivity contribution in [1.29, 1.82) is 0 Å². The Morgan fingerprint density at radius 1 is 1.30 bits per heavy atom. The average Bonchev–Trinajstić information content (AvgIpc) is 2.44. The Morgan fingerprint density at radius 3 is 2.65 bits per heavy atom. The first kappa shape index (κ1) is 15.9. The van der Waals surface area contributed by atoms with Gasteiger partial charge in [-0.3, -0.25) is 14.6 Å². The Hall–Kier alpha value is -2.11. The molecule has 0 aromatic carbocycles. The van der Waals surface area contributed by atoms with Crippen LogP contribution in [0, 0.1) is 0 Å². The van der Waals surface area contributed by atoms with Gasteiger partial charge in [0.05, 0.1) is 18.3 Å². The number of carbonyl (C=O) groups excluding carboxylic acids is 2. The van der Waals surface area contributed by atoms with Crippen LogP contribution < -0.4 is 5.32 Å². The van der Waals surface area contributed by atoms with E-state index in [1.165, 1.54) is 23.4 Å². The number of hydrogen-bond donors (Lipinski definition) is 2. The quantitative estimate of drug-likeness (QED) is 0.784. The van der Waals surface area contributed by atoms with Crippen molar-refractivity contribution in [2.75, 3.05) is 19.6 Å². The van der Waals surface area contributed by atoms with Gasteiger partial charge < -0.3 is 15.3 Å². The summed E-state index contributed by atoms with van der Waals surface area (Å²) in [7, 11) is 0. The highest BCUT2D eigenvalue weighted by molar-refractivity contribution is 5.96. The standard InChI is InChI=1S/C14H21N3O3/c1-3-5-16-13(19)10-17(6-4-2)14(20)11-7-12(18)9-15-8-11/h7-9,18H,3-6,10H2,1-2H3,(H,16,19). The first-order valence-electron chi connectivity index (χ1n) is 6.78. The van der Waals surface area contributed by atoms with Crippen molar-refractivity contribution in [3.63, 3.8) is 0 Å². The molecule has 1 aromatic heterocycles. The van der Waals surface area contributed by atoms with Crippen LogP contribution in [0.4, 0.5) is 0 Å². The number of nitrogens with zero attached hydrogens (tertiary/aromatic N) is 2. The van der Waals surface area contributed by atoms with E-state index in [2.05, 4.69) is 10.3 Å². The summed E-state index contributed by atoms with van der Waals surface area (Å²) in [5, 5.41) is 12.1. The van der Waals surface area contributed by atoms with Crippen LogP contribution in [0.5, 0.6) is 5.75 Å². The summed E-state index contributed by atoms with van der Waals surface area (Å²) in [5.41, 5.74) is 0.279. The third kappa shape index (κ3) is 4.87. The zero-order valence-corrected chi connectivity index (χ0v) is 11.9. The number of nitrogens with one attached hydrogen (secondary N) is 1. The molecule has 1 heterocycles. The molecule has 0 radical (unpaired) electrons. The van der Waals surface area contributed by atoms with Crippen molar-refractivity contribution in [1.82, 2.24) is 15.2 Å². The number of aromatic nitrogens is 1. The lowest BCUT2D eigenvalue weighted by Crippen LogP contribution is -2.41. The third-order valence-corrected chi connectivity index (χ3v) is 2.66. The molecule has 0 atom stereocenters. The molecule has 1 rings (SSSR count). The van der Waals surface area contributed by atoms with E-state index < -0.39 is 0 Å². The fourth-order valence-electron chi connectivity index (χ4n) is 1.74. The van der Waals surface area contributed by atoms with Crippen molar-refractivity contribution in [2.45, 2.75) is 26.7 Å². The summed E-state index contributed by atoms with van der Waals surface area (Å²) in [6.07, 6.45) is 4.24. The minimum Gasteiger partial charge on any atom is -0.506 e. The predicted molar refractivity (Wildman–Crippen MR) is 75.4 cm³/mol. The highest BCUT2D eigenvalue weighted by atomic mass is 16.3. The maximum absolute atomic E-state index is 12.3. The first-order chi connectivity index (χ1) is 9.58. The second-order valence-electron chi connectivity index (χ2n) is 4.51. The normalized spacial score (nSPS) is 10.1. The summed E-state index contributed by atoms with van der Waals surface area (Å²) in [4.78, 5) is 29.2. The van der Waals surface area contributed by atoms with E-state index in [1.54, 1.807) is 0 Å². The van der Waals surface area contributed by atoms with Gasteiger partial charge in [0.15, 0.2) is 0 Å². The minimum atomic E-state index is -0.304. The highest BCUT2D eigenvalue weighted by Gasteiger charge is 2.18. The maximum Gasteiger partial charge on any atom is 0.256 e. The Kier molecular flexibility index (Phi) is 6.49. The number of rotatable bonds is 7. The predicted octanol–water partition coefficient (Wildman–Crippen LogP) is 1.17. The number of pyridine rings is 1. The minimum absolute atomic E-state index is 0.0162. The second kappa shape index (κ2) is 8.14. The molecule has 0 aliphatic heterocycles. The topological polar surface area (TPSA) is 82.5 Å². The van der Waals surface area contributed by atoms with Crippen LogP contribution >= 0.6 is 0 Å². The summed E-state index contributed by atoms with van der Waals surface area (Å²) in [6.45, 7) is 5.00. The number of hydrogen-bond acceptors (Lipinski definition) is 4. The molecule has 1 aromatic rings. The molecule has 110 valence electrons. The molecule has 0 fully saturated rings. The van der Waals surface area contributed by atoms with E-state index in [9.17, 15) is 14.7 Å². The monoisotopic (exact) mass is 279 g/mol. The third-order valence-electron chi connectivity index (χ3n) is 2.66. The molecule has 0 unspecified atom stereocenters. The van der Waals surface area contributed by atoms with Gasteiger partial charge in [0.1, 0.15) is 5.75 Å². The van der Waals surface area contributed by atoms with E-state index in [0.717, 1.165) is 12.8 Å². The SMILES string of the molecule is CCCNC(=O)CN(CCC)C(=O)c1cncc(O)c1. The number of amides is 2. The van der Waals surface area contributed by atoms with Crippen molar-refractivity contribution in [3.8, 4) is 5.75 Å². The van der Waals surface area contributed by atoms with Gasteiger partial charge in [-0.05, 0) is 18.9 Å². The summed E-state index contributed by atoms with van der Waals surface area (Å²) >= 11 is 0. The second-order valence-corrected chi connectivity index (χ2v) is 4.51. The van der Waals surface area contributed by atoms with Crippen molar-refractivity contribution >= 4 is 11.8 Å². The summed E-state index contributed by atoms with van der Waals surface area (Å²) in [5.74, 6) is -0.550. The van der Waals surface area contributed by atoms with Crippen LogP contribution in [0.15, 0.2) is 18.5 Å². The largest absolute Gasteiger partial charge is 0.506 e. The fourth-order valence-corrected chi connectivity index (χ4v) is 1.74. The molecule has 0 saturated heterocycles. The fraction of sp³-hybridized carbons (Fsp3) is 0.500. The first-order valence-corrected chi connectivity index (χ1v) is 6.78. The Labute approximate surface area is 118 Å². The Morgan fingerprint density at radius 2 is 2.05 bits per heavy atom. The van der Waals surface area contributed by atoms with E-state index in [4.69, 9.17) is 0 Å². The lowest BCUT2D eigenvalue weighted by Gasteiger charge is -2.21. The number of aromatic hydroxyl groups is 1. The molecular formula is C14H21N3O3. The van der Waals surface area contributed by atoms with Gasteiger partial charge in [-0.2, -0.15) is 0 Å². The van der Waals surface area contributed by atoms with E-state index >= 15 is 0 Å². The van der Waals surface area contributed by atoms with E-state index in [0.29, 0.717) is 13.1 Å². The zero-order chi connectivity index (χ0) is 15.0. The van der Waals surface area contributed by atoms with Gasteiger partial charge in [-0.25, -0.2) is 0 Å². The van der Waals surface area contributed by atoms with Gasteiger partial charge in [0.25, 0.3) is 5.91 Å². The van der Waals surface area contributed by atoms with Crippen molar-refractivity contribution in [3.05, 3.63) is 24.0 Å². The number of carbonyl (C=O) groups is 2. The van der Waals surface area contributed by atoms with Crippen LogP contribution in [-0.2, 0) is 4.79 Å². The molecule has 20 heavy (non-hydrogen) atoms. The van der Waals surface area contributed by atoms with Crippen LogP contribution in [0.3, 0.4) is 0 Å². The molecule has 0 aliphatic carbocycles. The molecule has 0 aliphatic rings. The van der Waals surface area contributed by atoms with E-state index in [1.807, 2.05) is 13.8 Å². The molecule has 6 heteroatoms. The zero-order valence-electron chi connectivity index (χ0n) is 11.9. The van der Waals surface area contributed by atoms with Crippen molar-refractivity contribution in [2.24, 2.45) is 0 Å². The lowest BCUT2D eigenvalue weighted by atomic mass is 10.2. The maximum atomic E-state index is 12.3. The van der Waals surface area contributed by atoms with Crippen LogP contribution in [0.2, 0.25) is 0 Å². The molecular weight excluding hydrogens is 258 g/mol. The molecule has 2 N–H and O–H groups in total. The average molecular weight is 279 g/mol. The molecule has 2 amide bonds. The van der Waals surface area contributed by atoms with Crippen LogP contribution in [0.1, 0.15) is 37.0 Å². The van der Waals surface area contributed by atoms with Crippen LogP contribution in [-0.4, -0.2) is 46.4 Å². The Bertz CT molecular complexity index is 463. The van der Waals surface area contributed by atoms with Gasteiger partial charge >= 0.3 is 0 Å². The van der Waals surface area contributed by atoms with Gasteiger partial charge in [0.2, 0.25) is 5.91 Å². The van der Waals surface area contributed by atoms with Crippen molar-refractivity contribution < 1.29 is 14.7 Å². The smallest absolute Gasteiger partial charge is 0.256 e. The highest BCUT2D eigenvalue weighted by Crippen LogP contribution is 2.11. The van der Waals surface area contributed by atoms with Crippen LogP contribution in [0.25, 0.3) is 0 Å².